The Morgan fingerprint density at radius 2 is 2.16 bits per heavy atom. The van der Waals surface area contributed by atoms with Gasteiger partial charge in [-0.2, -0.15) is 0 Å². The van der Waals surface area contributed by atoms with Crippen LogP contribution in [0.1, 0.15) is 17.3 Å². The van der Waals surface area contributed by atoms with Crippen LogP contribution < -0.4 is 15.8 Å². The van der Waals surface area contributed by atoms with Crippen molar-refractivity contribution >= 4 is 22.9 Å². The molecule has 0 bridgehead atoms. The number of hydrogen-bond acceptors (Lipinski definition) is 4. The average Bonchev–Trinajstić information content (AvgIpc) is 2.83. The fourth-order valence-corrected chi connectivity index (χ4v) is 2.35. The highest BCUT2D eigenvalue weighted by atomic mass is 32.1. The van der Waals surface area contributed by atoms with Crippen molar-refractivity contribution in [2.75, 3.05) is 11.9 Å². The van der Waals surface area contributed by atoms with Crippen LogP contribution in [-0.2, 0) is 0 Å². The molecule has 1 aromatic carbocycles. The van der Waals surface area contributed by atoms with E-state index in [4.69, 9.17) is 22.7 Å². The van der Waals surface area contributed by atoms with Crippen LogP contribution in [0.2, 0.25) is 0 Å². The number of nitrogens with two attached hydrogens (primary N) is 1. The highest BCUT2D eigenvalue weighted by molar-refractivity contribution is 7.80. The first-order chi connectivity index (χ1) is 9.25. The number of anilines is 1. The van der Waals surface area contributed by atoms with E-state index in [-0.39, 0.29) is 11.0 Å². The maximum absolute atomic E-state index is 5.68. The van der Waals surface area contributed by atoms with Gasteiger partial charge in [-0.15, -0.1) is 0 Å². The zero-order chi connectivity index (χ0) is 13.2. The van der Waals surface area contributed by atoms with E-state index in [0.29, 0.717) is 12.3 Å². The second-order valence-electron chi connectivity index (χ2n) is 4.31. The van der Waals surface area contributed by atoms with Crippen LogP contribution in [0.15, 0.2) is 42.6 Å². The van der Waals surface area contributed by atoms with E-state index in [9.17, 15) is 0 Å². The largest absolute Gasteiger partial charge is 0.491 e. The van der Waals surface area contributed by atoms with Crippen LogP contribution in [0.4, 0.5) is 5.69 Å². The number of thiocarbonyl (C=S) groups is 1. The van der Waals surface area contributed by atoms with Crippen molar-refractivity contribution in [3.05, 3.63) is 53.9 Å². The number of pyridine rings is 1. The quantitative estimate of drug-likeness (QED) is 0.839. The van der Waals surface area contributed by atoms with Crippen molar-refractivity contribution in [2.45, 2.75) is 6.04 Å². The van der Waals surface area contributed by atoms with E-state index in [0.717, 1.165) is 17.0 Å². The number of nitrogens with zero attached hydrogens (tertiary/aromatic N) is 1. The summed E-state index contributed by atoms with van der Waals surface area (Å²) in [5.74, 6) is 0.917. The molecule has 1 atom stereocenters. The third-order valence-electron chi connectivity index (χ3n) is 3.07. The number of fused-ring (bicyclic) bond motifs is 1. The predicted molar refractivity (Wildman–Crippen MR) is 78.4 cm³/mol. The molecular weight excluding hydrogens is 258 g/mol. The van der Waals surface area contributed by atoms with E-state index in [1.165, 1.54) is 0 Å². The fourth-order valence-electron chi connectivity index (χ4n) is 2.19. The van der Waals surface area contributed by atoms with Gasteiger partial charge in [-0.3, -0.25) is 4.98 Å². The molecule has 2 aromatic rings. The van der Waals surface area contributed by atoms with Gasteiger partial charge in [0, 0.05) is 11.8 Å². The lowest BCUT2D eigenvalue weighted by Crippen LogP contribution is -2.18. The Bertz CT molecular complexity index is 630. The van der Waals surface area contributed by atoms with E-state index in [1.807, 2.05) is 30.3 Å². The minimum atomic E-state index is 0.0912. The molecule has 0 saturated heterocycles. The molecule has 5 heteroatoms. The number of para-hydroxylation sites is 1. The Hall–Kier alpha value is -2.14. The third-order valence-corrected chi connectivity index (χ3v) is 3.26. The first-order valence-electron chi connectivity index (χ1n) is 5.99. The van der Waals surface area contributed by atoms with E-state index in [2.05, 4.69) is 16.4 Å². The second-order valence-corrected chi connectivity index (χ2v) is 4.75. The summed E-state index contributed by atoms with van der Waals surface area (Å²) in [5.41, 5.74) is 8.27. The molecule has 1 aromatic heterocycles. The summed E-state index contributed by atoms with van der Waals surface area (Å²) in [6.07, 6.45) is 1.68. The molecule has 3 N–H and O–H groups in total. The third kappa shape index (κ3) is 2.24. The topological polar surface area (TPSA) is 60.2 Å². The van der Waals surface area contributed by atoms with Gasteiger partial charge < -0.3 is 15.8 Å². The fraction of sp³-hybridized carbons (Fsp3) is 0.143. The van der Waals surface area contributed by atoms with Crippen LogP contribution in [0.25, 0.3) is 0 Å². The van der Waals surface area contributed by atoms with Gasteiger partial charge in [0.25, 0.3) is 0 Å². The molecule has 3 rings (SSSR count). The minimum absolute atomic E-state index is 0.0912. The van der Waals surface area contributed by atoms with Crippen molar-refractivity contribution in [3.63, 3.8) is 0 Å². The summed E-state index contributed by atoms with van der Waals surface area (Å²) in [4.78, 5) is 4.49. The van der Waals surface area contributed by atoms with Gasteiger partial charge in [0.2, 0.25) is 0 Å². The lowest BCUT2D eigenvalue weighted by atomic mass is 10.1. The van der Waals surface area contributed by atoms with Gasteiger partial charge in [-0.1, -0.05) is 30.4 Å². The molecule has 0 aliphatic carbocycles. The minimum Gasteiger partial charge on any atom is -0.491 e. The predicted octanol–water partition coefficient (Wildman–Crippen LogP) is 2.26. The lowest BCUT2D eigenvalue weighted by molar-refractivity contribution is 0.340. The molecule has 2 heterocycles. The number of rotatable bonds is 3. The van der Waals surface area contributed by atoms with Gasteiger partial charge in [0.1, 0.15) is 23.0 Å². The highest BCUT2D eigenvalue weighted by Gasteiger charge is 2.24. The Morgan fingerprint density at radius 1 is 1.32 bits per heavy atom. The van der Waals surface area contributed by atoms with Crippen molar-refractivity contribution in [3.8, 4) is 5.75 Å². The van der Waals surface area contributed by atoms with Gasteiger partial charge >= 0.3 is 0 Å². The summed E-state index contributed by atoms with van der Waals surface area (Å²) in [6, 6.07) is 11.8. The number of ether oxygens (including phenoxy) is 1. The van der Waals surface area contributed by atoms with Gasteiger partial charge in [0.05, 0.1) is 11.7 Å². The summed E-state index contributed by atoms with van der Waals surface area (Å²) < 4.78 is 5.64. The number of benzene rings is 1. The lowest BCUT2D eigenvalue weighted by Gasteiger charge is -2.15. The second kappa shape index (κ2) is 4.85. The molecule has 1 aliphatic rings. The zero-order valence-corrected chi connectivity index (χ0v) is 11.0. The molecule has 0 radical (unpaired) electrons. The van der Waals surface area contributed by atoms with Crippen LogP contribution >= 0.6 is 12.2 Å². The maximum atomic E-state index is 5.68. The Kier molecular flexibility index (Phi) is 3.05. The Morgan fingerprint density at radius 3 is 3.00 bits per heavy atom. The maximum Gasteiger partial charge on any atom is 0.124 e. The monoisotopic (exact) mass is 271 g/mol. The van der Waals surface area contributed by atoms with Crippen molar-refractivity contribution < 1.29 is 4.74 Å². The van der Waals surface area contributed by atoms with Crippen LogP contribution in [0, 0.1) is 0 Å². The van der Waals surface area contributed by atoms with Crippen molar-refractivity contribution in [2.24, 2.45) is 5.73 Å². The van der Waals surface area contributed by atoms with Crippen LogP contribution in [0.3, 0.4) is 0 Å². The summed E-state index contributed by atoms with van der Waals surface area (Å²) >= 11 is 5.01. The molecule has 0 spiro atoms. The zero-order valence-electron chi connectivity index (χ0n) is 10.2. The van der Waals surface area contributed by atoms with E-state index >= 15 is 0 Å². The molecular formula is C14H13N3OS. The normalized spacial score (nSPS) is 16.5. The molecule has 96 valence electrons. The van der Waals surface area contributed by atoms with Gasteiger partial charge in [-0.05, 0) is 18.2 Å². The van der Waals surface area contributed by atoms with E-state index < -0.39 is 0 Å². The summed E-state index contributed by atoms with van der Waals surface area (Å²) in [5, 5.41) is 3.39. The highest BCUT2D eigenvalue weighted by Crippen LogP contribution is 2.34. The smallest absolute Gasteiger partial charge is 0.124 e. The molecule has 1 aliphatic heterocycles. The van der Waals surface area contributed by atoms with Crippen LogP contribution in [0.5, 0.6) is 5.75 Å². The van der Waals surface area contributed by atoms with Gasteiger partial charge in [0.15, 0.2) is 0 Å². The molecule has 0 fully saturated rings. The van der Waals surface area contributed by atoms with E-state index in [1.54, 1.807) is 6.20 Å². The molecule has 4 nitrogen and oxygen atoms in total. The first-order valence-corrected chi connectivity index (χ1v) is 6.39. The molecule has 0 saturated carbocycles. The number of nitrogens with one attached hydrogen (secondary N) is 1. The first kappa shape index (κ1) is 11.9. The standard InChI is InChI=1S/C14H13N3OS/c15-14(19)13-10(5-3-7-16-13)17-11-8-18-12-6-2-1-4-9(11)12/h1-7,11,17H,8H2,(H2,15,19). The Labute approximate surface area is 116 Å². The SMILES string of the molecule is NC(=S)c1ncccc1NC1COc2ccccc21. The summed E-state index contributed by atoms with van der Waals surface area (Å²) in [6.45, 7) is 0.588. The molecule has 0 amide bonds. The summed E-state index contributed by atoms with van der Waals surface area (Å²) in [7, 11) is 0. The number of aromatic nitrogens is 1. The molecule has 1 unspecified atom stereocenters. The van der Waals surface area contributed by atoms with Crippen molar-refractivity contribution in [1.82, 2.24) is 4.98 Å². The average molecular weight is 271 g/mol. The van der Waals surface area contributed by atoms with Crippen LogP contribution in [-0.4, -0.2) is 16.6 Å². The number of hydrogen-bond donors (Lipinski definition) is 2. The molecule has 19 heavy (non-hydrogen) atoms. The van der Waals surface area contributed by atoms with Gasteiger partial charge in [-0.25, -0.2) is 0 Å². The van der Waals surface area contributed by atoms with Crippen molar-refractivity contribution in [1.29, 1.82) is 0 Å². The Balaban J connectivity index is 1.90.